The number of nitrogens with one attached hydrogen (secondary N) is 1. The molecule has 0 atom stereocenters. The molecule has 88 valence electrons. The Kier molecular flexibility index (Phi) is 4.28. The van der Waals surface area contributed by atoms with E-state index >= 15 is 0 Å². The van der Waals surface area contributed by atoms with Crippen LogP contribution in [-0.4, -0.2) is 18.9 Å². The van der Waals surface area contributed by atoms with Crippen LogP contribution in [-0.2, 0) is 11.2 Å². The molecule has 0 bridgehead atoms. The number of alkyl halides is 2. The van der Waals surface area contributed by atoms with Crippen molar-refractivity contribution in [2.75, 3.05) is 6.54 Å². The molecule has 0 spiro atoms. The van der Waals surface area contributed by atoms with Crippen LogP contribution < -0.4 is 5.32 Å². The van der Waals surface area contributed by atoms with Crippen molar-refractivity contribution >= 4 is 5.91 Å². The lowest BCUT2D eigenvalue weighted by molar-refractivity contribution is -0.131. The van der Waals surface area contributed by atoms with Crippen LogP contribution in [0.5, 0.6) is 0 Å². The maximum absolute atomic E-state index is 12.7. The number of rotatable bonds is 4. The average molecular weight is 235 g/mol. The molecule has 0 aromatic heterocycles. The molecule has 1 aromatic carbocycles. The first-order chi connectivity index (χ1) is 7.49. The molecule has 0 unspecified atom stereocenters. The standard InChI is InChI=1S/C10H9F4NO/c11-7-3-6(4-8(12)5-7)1-2-15-10(16)9(13)14/h3-5,9H,1-2H2,(H,15,16). The molecule has 0 heterocycles. The minimum Gasteiger partial charge on any atom is -0.351 e. The lowest BCUT2D eigenvalue weighted by Crippen LogP contribution is -2.31. The molecule has 2 nitrogen and oxygen atoms in total. The zero-order chi connectivity index (χ0) is 12.1. The summed E-state index contributed by atoms with van der Waals surface area (Å²) in [6.07, 6.45) is -2.99. The van der Waals surface area contributed by atoms with Gasteiger partial charge in [0, 0.05) is 12.6 Å². The zero-order valence-corrected chi connectivity index (χ0v) is 8.14. The van der Waals surface area contributed by atoms with Gasteiger partial charge in [0.25, 0.3) is 5.91 Å². The number of hydrogen-bond donors (Lipinski definition) is 1. The first kappa shape index (κ1) is 12.5. The molecule has 16 heavy (non-hydrogen) atoms. The topological polar surface area (TPSA) is 29.1 Å². The number of halogens is 4. The highest BCUT2D eigenvalue weighted by atomic mass is 19.3. The van der Waals surface area contributed by atoms with Crippen molar-refractivity contribution in [3.63, 3.8) is 0 Å². The summed E-state index contributed by atoms with van der Waals surface area (Å²) in [4.78, 5) is 10.5. The van der Waals surface area contributed by atoms with Gasteiger partial charge in [0.05, 0.1) is 0 Å². The molecule has 0 saturated heterocycles. The average Bonchev–Trinajstić information content (AvgIpc) is 2.15. The highest BCUT2D eigenvalue weighted by Crippen LogP contribution is 2.08. The minimum atomic E-state index is -3.08. The fourth-order valence-electron chi connectivity index (χ4n) is 1.16. The van der Waals surface area contributed by atoms with E-state index in [0.29, 0.717) is 11.6 Å². The first-order valence-corrected chi connectivity index (χ1v) is 4.50. The Bertz CT molecular complexity index is 361. The van der Waals surface area contributed by atoms with E-state index in [2.05, 4.69) is 0 Å². The molecule has 0 radical (unpaired) electrons. The third-order valence-electron chi connectivity index (χ3n) is 1.83. The predicted molar refractivity (Wildman–Crippen MR) is 49.1 cm³/mol. The van der Waals surface area contributed by atoms with Gasteiger partial charge in [0.1, 0.15) is 11.6 Å². The van der Waals surface area contributed by atoms with Crippen LogP contribution in [0.3, 0.4) is 0 Å². The molecule has 1 amide bonds. The molecule has 0 fully saturated rings. The van der Waals surface area contributed by atoms with Gasteiger partial charge >= 0.3 is 6.43 Å². The van der Waals surface area contributed by atoms with E-state index in [9.17, 15) is 22.4 Å². The van der Waals surface area contributed by atoms with Crippen molar-refractivity contribution in [1.82, 2.24) is 5.32 Å². The van der Waals surface area contributed by atoms with Gasteiger partial charge in [0.15, 0.2) is 0 Å². The number of benzene rings is 1. The Balaban J connectivity index is 2.46. The van der Waals surface area contributed by atoms with Gasteiger partial charge in [-0.3, -0.25) is 4.79 Å². The summed E-state index contributed by atoms with van der Waals surface area (Å²) in [5.74, 6) is -2.87. The van der Waals surface area contributed by atoms with Gasteiger partial charge in [-0.25, -0.2) is 8.78 Å². The number of carbonyl (C=O) groups is 1. The molecule has 1 aromatic rings. The van der Waals surface area contributed by atoms with Crippen LogP contribution in [0.2, 0.25) is 0 Å². The van der Waals surface area contributed by atoms with E-state index in [4.69, 9.17) is 0 Å². The van der Waals surface area contributed by atoms with Crippen LogP contribution in [0.15, 0.2) is 18.2 Å². The van der Waals surface area contributed by atoms with Crippen molar-refractivity contribution in [2.45, 2.75) is 12.8 Å². The summed E-state index contributed by atoms with van der Waals surface area (Å²) < 4.78 is 48.9. The predicted octanol–water partition coefficient (Wildman–Crippen LogP) is 1.89. The Morgan fingerprint density at radius 1 is 1.19 bits per heavy atom. The Hall–Kier alpha value is -1.59. The van der Waals surface area contributed by atoms with E-state index in [1.54, 1.807) is 0 Å². The van der Waals surface area contributed by atoms with Crippen LogP contribution in [0, 0.1) is 11.6 Å². The maximum Gasteiger partial charge on any atom is 0.315 e. The van der Waals surface area contributed by atoms with Crippen LogP contribution in [0.25, 0.3) is 0 Å². The van der Waals surface area contributed by atoms with E-state index in [0.717, 1.165) is 12.1 Å². The van der Waals surface area contributed by atoms with Gasteiger partial charge in [-0.1, -0.05) is 0 Å². The summed E-state index contributed by atoms with van der Waals surface area (Å²) >= 11 is 0. The SMILES string of the molecule is O=C(NCCc1cc(F)cc(F)c1)C(F)F. The van der Waals surface area contributed by atoms with Crippen LogP contribution in [0.4, 0.5) is 17.6 Å². The van der Waals surface area contributed by atoms with E-state index < -0.39 is 24.0 Å². The van der Waals surface area contributed by atoms with Gasteiger partial charge in [0.2, 0.25) is 0 Å². The molecule has 1 N–H and O–H groups in total. The number of carbonyl (C=O) groups excluding carboxylic acids is 1. The highest BCUT2D eigenvalue weighted by molar-refractivity contribution is 5.78. The van der Waals surface area contributed by atoms with Crippen molar-refractivity contribution in [3.8, 4) is 0 Å². The second-order valence-corrected chi connectivity index (χ2v) is 3.12. The third-order valence-corrected chi connectivity index (χ3v) is 1.83. The maximum atomic E-state index is 12.7. The van der Waals surface area contributed by atoms with Gasteiger partial charge in [-0.05, 0) is 24.1 Å². The lowest BCUT2D eigenvalue weighted by Gasteiger charge is -2.04. The minimum absolute atomic E-state index is 0.0904. The summed E-state index contributed by atoms with van der Waals surface area (Å²) in [5.41, 5.74) is 0.298. The summed E-state index contributed by atoms with van der Waals surface area (Å²) in [5, 5.41) is 1.94. The van der Waals surface area contributed by atoms with E-state index in [-0.39, 0.29) is 13.0 Å². The van der Waals surface area contributed by atoms with Gasteiger partial charge in [-0.15, -0.1) is 0 Å². The zero-order valence-electron chi connectivity index (χ0n) is 8.14. The molecule has 6 heteroatoms. The molecule has 1 rings (SSSR count). The Morgan fingerprint density at radius 3 is 2.25 bits per heavy atom. The van der Waals surface area contributed by atoms with Crippen molar-refractivity contribution in [3.05, 3.63) is 35.4 Å². The smallest absolute Gasteiger partial charge is 0.315 e. The van der Waals surface area contributed by atoms with Crippen molar-refractivity contribution < 1.29 is 22.4 Å². The second-order valence-electron chi connectivity index (χ2n) is 3.12. The third kappa shape index (κ3) is 3.88. The first-order valence-electron chi connectivity index (χ1n) is 4.50. The molecule has 0 aliphatic carbocycles. The number of amides is 1. The fraction of sp³-hybridized carbons (Fsp3) is 0.300. The number of hydrogen-bond acceptors (Lipinski definition) is 1. The van der Waals surface area contributed by atoms with E-state index in [1.807, 2.05) is 5.32 Å². The Labute approximate surface area is 89.3 Å². The van der Waals surface area contributed by atoms with E-state index in [1.165, 1.54) is 0 Å². The van der Waals surface area contributed by atoms with Crippen molar-refractivity contribution in [2.24, 2.45) is 0 Å². The lowest BCUT2D eigenvalue weighted by atomic mass is 10.1. The van der Waals surface area contributed by atoms with Crippen LogP contribution >= 0.6 is 0 Å². The molecule has 0 aliphatic heterocycles. The molecular weight excluding hydrogens is 226 g/mol. The summed E-state index contributed by atoms with van der Waals surface area (Å²) in [6, 6.07) is 2.87. The fourth-order valence-corrected chi connectivity index (χ4v) is 1.16. The Morgan fingerprint density at radius 2 is 1.75 bits per heavy atom. The molecular formula is C10H9F4NO. The molecule has 0 aliphatic rings. The second kappa shape index (κ2) is 5.48. The summed E-state index contributed by atoms with van der Waals surface area (Å²) in [7, 11) is 0. The summed E-state index contributed by atoms with van der Waals surface area (Å²) in [6.45, 7) is -0.0912. The van der Waals surface area contributed by atoms with Gasteiger partial charge in [-0.2, -0.15) is 8.78 Å². The normalized spacial score (nSPS) is 10.6. The molecule has 0 saturated carbocycles. The van der Waals surface area contributed by atoms with Crippen LogP contribution in [0.1, 0.15) is 5.56 Å². The largest absolute Gasteiger partial charge is 0.351 e. The monoisotopic (exact) mass is 235 g/mol. The van der Waals surface area contributed by atoms with Gasteiger partial charge < -0.3 is 5.32 Å². The quantitative estimate of drug-likeness (QED) is 0.793. The highest BCUT2D eigenvalue weighted by Gasteiger charge is 2.13. The van der Waals surface area contributed by atoms with Crippen molar-refractivity contribution in [1.29, 1.82) is 0 Å².